The summed E-state index contributed by atoms with van der Waals surface area (Å²) in [5.41, 5.74) is 2.21. The topological polar surface area (TPSA) is 81.4 Å². The summed E-state index contributed by atoms with van der Waals surface area (Å²) in [6, 6.07) is 8.81. The summed E-state index contributed by atoms with van der Waals surface area (Å²) >= 11 is 0. The quantitative estimate of drug-likeness (QED) is 0.741. The van der Waals surface area contributed by atoms with Crippen LogP contribution in [-0.2, 0) is 9.53 Å². The summed E-state index contributed by atoms with van der Waals surface area (Å²) in [4.78, 5) is 23.1. The molecule has 0 spiro atoms. The minimum atomic E-state index is -0.507. The lowest BCUT2D eigenvalue weighted by Gasteiger charge is -2.14. The van der Waals surface area contributed by atoms with Crippen molar-refractivity contribution in [3.8, 4) is 11.3 Å². The summed E-state index contributed by atoms with van der Waals surface area (Å²) in [7, 11) is 1.71. The van der Waals surface area contributed by atoms with Crippen LogP contribution in [0.2, 0.25) is 0 Å². The first-order valence-electron chi connectivity index (χ1n) is 9.40. The van der Waals surface area contributed by atoms with E-state index in [0.29, 0.717) is 18.1 Å². The highest BCUT2D eigenvalue weighted by molar-refractivity contribution is 5.94. The molecule has 0 aliphatic heterocycles. The standard InChI is InChI=1S/C17H20N2O3.C5H12O/c1-11(2)8-14(10-20)18-17(21)15-9-16(22-19-15)13-6-4-12(3)5-7-13;1-5(2,3)6-4/h4-7,9-11,14H,8H2,1-3H3,(H,18,21);1-4H3. The number of carbonyl (C=O) groups is 2. The Kier molecular flexibility index (Phi) is 9.06. The van der Waals surface area contributed by atoms with Crippen LogP contribution in [0.5, 0.6) is 0 Å². The minimum Gasteiger partial charge on any atom is -0.379 e. The Labute approximate surface area is 167 Å². The number of hydrogen-bond acceptors (Lipinski definition) is 5. The number of hydrogen-bond donors (Lipinski definition) is 1. The van der Waals surface area contributed by atoms with Gasteiger partial charge in [-0.1, -0.05) is 48.8 Å². The highest BCUT2D eigenvalue weighted by atomic mass is 16.5. The Morgan fingerprint density at radius 1 is 1.25 bits per heavy atom. The van der Waals surface area contributed by atoms with E-state index >= 15 is 0 Å². The van der Waals surface area contributed by atoms with E-state index in [1.54, 1.807) is 13.2 Å². The average molecular weight is 389 g/mol. The normalized spacial score (nSPS) is 12.1. The molecule has 0 bridgehead atoms. The first kappa shape index (κ1) is 23.6. The Bertz CT molecular complexity index is 743. The van der Waals surface area contributed by atoms with E-state index in [-0.39, 0.29) is 11.3 Å². The van der Waals surface area contributed by atoms with E-state index in [9.17, 15) is 9.59 Å². The van der Waals surface area contributed by atoms with Gasteiger partial charge in [-0.15, -0.1) is 0 Å². The third kappa shape index (κ3) is 8.48. The molecule has 2 rings (SSSR count). The van der Waals surface area contributed by atoms with Crippen LogP contribution in [0.1, 0.15) is 57.1 Å². The fourth-order valence-corrected chi connectivity index (χ4v) is 2.13. The van der Waals surface area contributed by atoms with Gasteiger partial charge < -0.3 is 19.4 Å². The van der Waals surface area contributed by atoms with Crippen LogP contribution >= 0.6 is 0 Å². The predicted molar refractivity (Wildman–Crippen MR) is 110 cm³/mol. The number of rotatable bonds is 6. The number of aldehydes is 1. The van der Waals surface area contributed by atoms with E-state index in [1.165, 1.54) is 0 Å². The van der Waals surface area contributed by atoms with Gasteiger partial charge in [-0.3, -0.25) is 4.79 Å². The number of methoxy groups -OCH3 is 1. The van der Waals surface area contributed by atoms with E-state index in [0.717, 1.165) is 17.4 Å². The van der Waals surface area contributed by atoms with Gasteiger partial charge in [0.2, 0.25) is 0 Å². The summed E-state index contributed by atoms with van der Waals surface area (Å²) in [6.45, 7) is 12.0. The minimum absolute atomic E-state index is 0.0417. The fraction of sp³-hybridized carbons (Fsp3) is 0.500. The van der Waals surface area contributed by atoms with Crippen LogP contribution in [0.25, 0.3) is 11.3 Å². The van der Waals surface area contributed by atoms with Crippen molar-refractivity contribution in [1.29, 1.82) is 0 Å². The number of nitrogens with zero attached hydrogens (tertiary/aromatic N) is 1. The first-order valence-corrected chi connectivity index (χ1v) is 9.40. The number of aromatic nitrogens is 1. The smallest absolute Gasteiger partial charge is 0.274 e. The lowest BCUT2D eigenvalue weighted by atomic mass is 10.0. The molecule has 6 heteroatoms. The Hall–Kier alpha value is -2.47. The van der Waals surface area contributed by atoms with Crippen LogP contribution in [0.3, 0.4) is 0 Å². The van der Waals surface area contributed by atoms with Crippen LogP contribution in [-0.4, -0.2) is 36.1 Å². The van der Waals surface area contributed by atoms with Gasteiger partial charge in [0.1, 0.15) is 6.29 Å². The van der Waals surface area contributed by atoms with E-state index in [2.05, 4.69) is 10.5 Å². The zero-order chi connectivity index (χ0) is 21.3. The molecule has 28 heavy (non-hydrogen) atoms. The predicted octanol–water partition coefficient (Wildman–Crippen LogP) is 4.42. The molecule has 1 amide bonds. The van der Waals surface area contributed by atoms with Crippen LogP contribution in [0.15, 0.2) is 34.9 Å². The number of benzene rings is 1. The number of carbonyl (C=O) groups excluding carboxylic acids is 2. The highest BCUT2D eigenvalue weighted by Gasteiger charge is 2.18. The summed E-state index contributed by atoms with van der Waals surface area (Å²) in [5.74, 6) is 0.437. The average Bonchev–Trinajstić information content (AvgIpc) is 3.11. The third-order valence-corrected chi connectivity index (χ3v) is 3.90. The molecule has 0 radical (unpaired) electrons. The van der Waals surface area contributed by atoms with Gasteiger partial charge in [0.25, 0.3) is 5.91 Å². The second-order valence-corrected chi connectivity index (χ2v) is 8.10. The van der Waals surface area contributed by atoms with Crippen molar-refractivity contribution in [2.75, 3.05) is 7.11 Å². The summed E-state index contributed by atoms with van der Waals surface area (Å²) < 4.78 is 10.1. The fourth-order valence-electron chi connectivity index (χ4n) is 2.13. The van der Waals surface area contributed by atoms with Gasteiger partial charge in [0.05, 0.1) is 11.6 Å². The summed E-state index contributed by atoms with van der Waals surface area (Å²) in [6.07, 6.45) is 1.34. The molecule has 1 aromatic carbocycles. The van der Waals surface area contributed by atoms with Gasteiger partial charge in [-0.05, 0) is 40.0 Å². The largest absolute Gasteiger partial charge is 0.379 e. The molecular weight excluding hydrogens is 356 g/mol. The maximum absolute atomic E-state index is 12.1. The lowest BCUT2D eigenvalue weighted by molar-refractivity contribution is -0.109. The third-order valence-electron chi connectivity index (χ3n) is 3.90. The number of amides is 1. The van der Waals surface area contributed by atoms with Crippen molar-refractivity contribution >= 4 is 12.2 Å². The molecule has 0 saturated heterocycles. The highest BCUT2D eigenvalue weighted by Crippen LogP contribution is 2.20. The van der Waals surface area contributed by atoms with Crippen molar-refractivity contribution in [1.82, 2.24) is 10.5 Å². The van der Waals surface area contributed by atoms with Gasteiger partial charge in [0, 0.05) is 18.7 Å². The van der Waals surface area contributed by atoms with Gasteiger partial charge in [0.15, 0.2) is 11.5 Å². The molecule has 0 saturated carbocycles. The molecule has 1 heterocycles. The molecule has 0 fully saturated rings. The van der Waals surface area contributed by atoms with Crippen molar-refractivity contribution in [3.05, 3.63) is 41.6 Å². The van der Waals surface area contributed by atoms with Gasteiger partial charge >= 0.3 is 0 Å². The van der Waals surface area contributed by atoms with Gasteiger partial charge in [-0.2, -0.15) is 0 Å². The number of aryl methyl sites for hydroxylation is 1. The molecule has 1 aromatic heterocycles. The molecular formula is C22H32N2O4. The SMILES string of the molecule is COC(C)(C)C.Cc1ccc(-c2cc(C(=O)NC(C=O)CC(C)C)no2)cc1. The lowest BCUT2D eigenvalue weighted by Crippen LogP contribution is -2.37. The zero-order valence-electron chi connectivity index (χ0n) is 17.9. The van der Waals surface area contributed by atoms with E-state index in [4.69, 9.17) is 9.26 Å². The molecule has 2 aromatic rings. The number of ether oxygens (including phenoxy) is 1. The zero-order valence-corrected chi connectivity index (χ0v) is 17.9. The second kappa shape index (κ2) is 10.8. The molecule has 0 aliphatic carbocycles. The Balaban J connectivity index is 0.000000568. The molecule has 1 unspecified atom stereocenters. The van der Waals surface area contributed by atoms with Crippen LogP contribution in [0.4, 0.5) is 0 Å². The van der Waals surface area contributed by atoms with E-state index in [1.807, 2.05) is 65.8 Å². The van der Waals surface area contributed by atoms with Gasteiger partial charge in [-0.25, -0.2) is 0 Å². The molecule has 1 atom stereocenters. The molecule has 0 aliphatic rings. The Morgan fingerprint density at radius 2 is 1.82 bits per heavy atom. The van der Waals surface area contributed by atoms with Crippen molar-refractivity contribution in [2.24, 2.45) is 5.92 Å². The van der Waals surface area contributed by atoms with Crippen molar-refractivity contribution < 1.29 is 18.8 Å². The number of nitrogens with one attached hydrogen (secondary N) is 1. The molecule has 6 nitrogen and oxygen atoms in total. The second-order valence-electron chi connectivity index (χ2n) is 8.10. The van der Waals surface area contributed by atoms with E-state index < -0.39 is 11.9 Å². The molecule has 1 N–H and O–H groups in total. The first-order chi connectivity index (χ1) is 13.1. The summed E-state index contributed by atoms with van der Waals surface area (Å²) in [5, 5.41) is 6.44. The Morgan fingerprint density at radius 3 is 2.29 bits per heavy atom. The maximum atomic E-state index is 12.1. The van der Waals surface area contributed by atoms with Crippen LogP contribution < -0.4 is 5.32 Å². The van der Waals surface area contributed by atoms with Crippen LogP contribution in [0, 0.1) is 12.8 Å². The van der Waals surface area contributed by atoms with Crippen molar-refractivity contribution in [3.63, 3.8) is 0 Å². The van der Waals surface area contributed by atoms with Crippen molar-refractivity contribution in [2.45, 2.75) is 59.6 Å². The molecule has 154 valence electrons. The monoisotopic (exact) mass is 388 g/mol. The maximum Gasteiger partial charge on any atom is 0.274 e.